The fourth-order valence-electron chi connectivity index (χ4n) is 4.82. The normalized spacial score (nSPS) is 15.2. The van der Waals surface area contributed by atoms with Gasteiger partial charge in [-0.3, -0.25) is 14.5 Å². The van der Waals surface area contributed by atoms with Crippen LogP contribution in [0.1, 0.15) is 17.5 Å². The monoisotopic (exact) mass is 542 g/mol. The Morgan fingerprint density at radius 3 is 2.51 bits per heavy atom. The number of hydrogen-bond donors (Lipinski definition) is 2. The molecule has 9 heteroatoms. The lowest BCUT2D eigenvalue weighted by molar-refractivity contribution is -0.124. The standard InChI is InChI=1S/C30H30N4O4S/c1-19-4-9-23(10-5-19)34-29(36)25(18-28(35)32-22-8-7-21-12-14-31-24(21)17-22)33(30(34)39)15-13-20-6-11-26(37-2)27(16-20)38-3/h4-12,14,16-17,25,31H,13,15,18H2,1-3H3,(H,32,35). The van der Waals surface area contributed by atoms with Gasteiger partial charge in [-0.1, -0.05) is 29.8 Å². The summed E-state index contributed by atoms with van der Waals surface area (Å²) in [5.74, 6) is 0.798. The Morgan fingerprint density at radius 1 is 1.00 bits per heavy atom. The lowest BCUT2D eigenvalue weighted by Gasteiger charge is -2.24. The number of nitrogens with zero attached hydrogens (tertiary/aromatic N) is 2. The first-order valence-corrected chi connectivity index (χ1v) is 13.1. The van der Waals surface area contributed by atoms with Gasteiger partial charge < -0.3 is 24.7 Å². The minimum absolute atomic E-state index is 0.0317. The van der Waals surface area contributed by atoms with Gasteiger partial charge >= 0.3 is 0 Å². The largest absolute Gasteiger partial charge is 0.493 e. The van der Waals surface area contributed by atoms with Crippen molar-refractivity contribution in [1.82, 2.24) is 9.88 Å². The topological polar surface area (TPSA) is 86.9 Å². The quantitative estimate of drug-likeness (QED) is 0.287. The number of methoxy groups -OCH3 is 2. The third-order valence-corrected chi connectivity index (χ3v) is 7.33. The highest BCUT2D eigenvalue weighted by Crippen LogP contribution is 2.30. The molecule has 2 heterocycles. The van der Waals surface area contributed by atoms with Crippen LogP contribution in [0.25, 0.3) is 10.9 Å². The number of carbonyl (C=O) groups excluding carboxylic acids is 2. The average Bonchev–Trinajstić information content (AvgIpc) is 3.49. The molecular weight excluding hydrogens is 512 g/mol. The van der Waals surface area contributed by atoms with E-state index in [1.807, 2.05) is 84.8 Å². The first-order chi connectivity index (χ1) is 18.9. The number of thiocarbonyl (C=S) groups is 1. The first kappa shape index (κ1) is 26.2. The van der Waals surface area contributed by atoms with Crippen LogP contribution in [-0.4, -0.2) is 53.6 Å². The van der Waals surface area contributed by atoms with Crippen LogP contribution >= 0.6 is 12.2 Å². The van der Waals surface area contributed by atoms with E-state index < -0.39 is 6.04 Å². The highest BCUT2D eigenvalue weighted by Gasteiger charge is 2.43. The molecule has 5 rings (SSSR count). The summed E-state index contributed by atoms with van der Waals surface area (Å²) in [7, 11) is 3.19. The summed E-state index contributed by atoms with van der Waals surface area (Å²) in [6.45, 7) is 2.44. The molecule has 1 fully saturated rings. The van der Waals surface area contributed by atoms with Gasteiger partial charge in [-0.25, -0.2) is 0 Å². The van der Waals surface area contributed by atoms with Crippen LogP contribution in [0.5, 0.6) is 11.5 Å². The molecule has 8 nitrogen and oxygen atoms in total. The Labute approximate surface area is 232 Å². The van der Waals surface area contributed by atoms with Crippen molar-refractivity contribution in [3.63, 3.8) is 0 Å². The third kappa shape index (κ3) is 5.44. The summed E-state index contributed by atoms with van der Waals surface area (Å²) in [6, 6.07) is 20.3. The zero-order valence-corrected chi connectivity index (χ0v) is 22.9. The van der Waals surface area contributed by atoms with Gasteiger partial charge in [0.2, 0.25) is 5.91 Å². The molecule has 1 aliphatic heterocycles. The first-order valence-electron chi connectivity index (χ1n) is 12.7. The molecule has 1 atom stereocenters. The van der Waals surface area contributed by atoms with E-state index in [1.165, 1.54) is 4.90 Å². The van der Waals surface area contributed by atoms with Crippen LogP contribution in [0, 0.1) is 6.92 Å². The van der Waals surface area contributed by atoms with Gasteiger partial charge in [0.15, 0.2) is 16.6 Å². The second-order valence-electron chi connectivity index (χ2n) is 9.47. The maximum absolute atomic E-state index is 13.7. The highest BCUT2D eigenvalue weighted by molar-refractivity contribution is 7.80. The van der Waals surface area contributed by atoms with Crippen LogP contribution in [0.15, 0.2) is 72.9 Å². The lowest BCUT2D eigenvalue weighted by atomic mass is 10.1. The van der Waals surface area contributed by atoms with E-state index in [4.69, 9.17) is 21.7 Å². The number of hydrogen-bond acceptors (Lipinski definition) is 5. The van der Waals surface area contributed by atoms with Crippen molar-refractivity contribution in [2.75, 3.05) is 31.0 Å². The van der Waals surface area contributed by atoms with Crippen molar-refractivity contribution in [2.45, 2.75) is 25.8 Å². The summed E-state index contributed by atoms with van der Waals surface area (Å²) >= 11 is 5.81. The second kappa shape index (κ2) is 11.2. The smallest absolute Gasteiger partial charge is 0.256 e. The second-order valence-corrected chi connectivity index (χ2v) is 9.84. The predicted molar refractivity (Wildman–Crippen MR) is 157 cm³/mol. The van der Waals surface area contributed by atoms with Crippen molar-refractivity contribution < 1.29 is 19.1 Å². The fraction of sp³-hybridized carbons (Fsp3) is 0.233. The number of carbonyl (C=O) groups is 2. The van der Waals surface area contributed by atoms with Crippen LogP contribution in [-0.2, 0) is 16.0 Å². The predicted octanol–water partition coefficient (Wildman–Crippen LogP) is 5.07. The maximum atomic E-state index is 13.7. The van der Waals surface area contributed by atoms with Crippen LogP contribution < -0.4 is 19.7 Å². The van der Waals surface area contributed by atoms with Crippen molar-refractivity contribution in [1.29, 1.82) is 0 Å². The van der Waals surface area contributed by atoms with Crippen molar-refractivity contribution in [3.05, 3.63) is 84.1 Å². The molecule has 0 radical (unpaired) electrons. The lowest BCUT2D eigenvalue weighted by Crippen LogP contribution is -2.39. The van der Waals surface area contributed by atoms with Crippen molar-refractivity contribution in [2.24, 2.45) is 0 Å². The van der Waals surface area contributed by atoms with Crippen molar-refractivity contribution >= 4 is 51.4 Å². The third-order valence-electron chi connectivity index (χ3n) is 6.92. The molecule has 0 saturated carbocycles. The van der Waals surface area contributed by atoms with E-state index in [1.54, 1.807) is 14.2 Å². The van der Waals surface area contributed by atoms with Crippen LogP contribution in [0.4, 0.5) is 11.4 Å². The molecule has 1 unspecified atom stereocenters. The average molecular weight is 543 g/mol. The number of H-pyrrole nitrogens is 1. The SMILES string of the molecule is COc1ccc(CCN2C(=S)N(c3ccc(C)cc3)C(=O)C2CC(=O)Nc2ccc3cc[nH]c3c2)cc1OC. The number of fused-ring (bicyclic) bond motifs is 1. The Hall–Kier alpha value is -4.37. The molecule has 1 saturated heterocycles. The van der Waals surface area contributed by atoms with Gasteiger partial charge in [0.05, 0.1) is 26.3 Å². The number of aromatic amines is 1. The Morgan fingerprint density at radius 2 is 1.77 bits per heavy atom. The summed E-state index contributed by atoms with van der Waals surface area (Å²) in [5, 5.41) is 4.38. The van der Waals surface area contributed by atoms with Crippen LogP contribution in [0.3, 0.4) is 0 Å². The van der Waals surface area contributed by atoms with E-state index in [-0.39, 0.29) is 18.2 Å². The van der Waals surface area contributed by atoms with Crippen LogP contribution in [0.2, 0.25) is 0 Å². The van der Waals surface area contributed by atoms with E-state index >= 15 is 0 Å². The molecule has 2 N–H and O–H groups in total. The number of aromatic nitrogens is 1. The molecular formula is C30H30N4O4S. The Kier molecular flexibility index (Phi) is 7.51. The Bertz CT molecular complexity index is 1530. The number of ether oxygens (including phenoxy) is 2. The Balaban J connectivity index is 1.37. The number of aryl methyl sites for hydroxylation is 1. The summed E-state index contributed by atoms with van der Waals surface area (Å²) < 4.78 is 10.8. The van der Waals surface area contributed by atoms with E-state index in [9.17, 15) is 9.59 Å². The zero-order valence-electron chi connectivity index (χ0n) is 22.1. The van der Waals surface area contributed by atoms with E-state index in [0.29, 0.717) is 41.0 Å². The van der Waals surface area contributed by atoms with Gasteiger partial charge in [-0.15, -0.1) is 0 Å². The summed E-state index contributed by atoms with van der Waals surface area (Å²) in [4.78, 5) is 33.4. The fourth-order valence-corrected chi connectivity index (χ4v) is 5.23. The summed E-state index contributed by atoms with van der Waals surface area (Å²) in [6.07, 6.45) is 2.41. The molecule has 39 heavy (non-hydrogen) atoms. The van der Waals surface area contributed by atoms with Gasteiger partial charge in [0.25, 0.3) is 5.91 Å². The number of amides is 2. The molecule has 3 aromatic carbocycles. The molecule has 200 valence electrons. The number of benzene rings is 3. The van der Waals surface area contributed by atoms with E-state index in [2.05, 4.69) is 10.3 Å². The molecule has 0 bridgehead atoms. The minimum Gasteiger partial charge on any atom is -0.493 e. The number of rotatable bonds is 9. The highest BCUT2D eigenvalue weighted by atomic mass is 32.1. The molecule has 0 aliphatic carbocycles. The zero-order chi connectivity index (χ0) is 27.5. The molecule has 4 aromatic rings. The molecule has 0 spiro atoms. The minimum atomic E-state index is -0.729. The number of nitrogens with one attached hydrogen (secondary N) is 2. The van der Waals surface area contributed by atoms with Gasteiger partial charge in [-0.2, -0.15) is 0 Å². The molecule has 1 aliphatic rings. The summed E-state index contributed by atoms with van der Waals surface area (Å²) in [5.41, 5.74) is 4.35. The van der Waals surface area contributed by atoms with Gasteiger partial charge in [-0.05, 0) is 79.0 Å². The van der Waals surface area contributed by atoms with Gasteiger partial charge in [0.1, 0.15) is 6.04 Å². The van der Waals surface area contributed by atoms with E-state index in [0.717, 1.165) is 22.0 Å². The van der Waals surface area contributed by atoms with Crippen molar-refractivity contribution in [3.8, 4) is 11.5 Å². The van der Waals surface area contributed by atoms with Gasteiger partial charge in [0, 0.05) is 23.9 Å². The molecule has 1 aromatic heterocycles. The molecule has 2 amide bonds. The maximum Gasteiger partial charge on any atom is 0.256 e. The number of anilines is 2.